The third-order valence-corrected chi connectivity index (χ3v) is 3.30. The van der Waals surface area contributed by atoms with Gasteiger partial charge in [-0.05, 0) is 24.1 Å². The molecular weight excluding hydrogens is 258 g/mol. The Kier molecular flexibility index (Phi) is 7.82. The molecule has 104 valence electrons. The van der Waals surface area contributed by atoms with Crippen molar-refractivity contribution in [1.29, 1.82) is 0 Å². The van der Waals surface area contributed by atoms with Crippen LogP contribution in [0.5, 0.6) is 5.75 Å². The molecule has 0 saturated carbocycles. The molecule has 0 radical (unpaired) electrons. The topological polar surface area (TPSA) is 38.3 Å². The molecule has 0 saturated heterocycles. The quantitative estimate of drug-likeness (QED) is 0.768. The molecule has 3 nitrogen and oxygen atoms in total. The molecule has 1 rings (SSSR count). The van der Waals surface area contributed by atoms with Crippen LogP contribution < -0.4 is 10.1 Å². The molecule has 0 atom stereocenters. The number of thioether (sulfide) groups is 1. The molecule has 0 aliphatic rings. The predicted octanol–water partition coefficient (Wildman–Crippen LogP) is 3.95. The van der Waals surface area contributed by atoms with E-state index in [-0.39, 0.29) is 5.24 Å². The maximum absolute atomic E-state index is 11.4. The van der Waals surface area contributed by atoms with Gasteiger partial charge in [0.15, 0.2) is 0 Å². The lowest BCUT2D eigenvalue weighted by Gasteiger charge is -2.01. The molecule has 0 unspecified atom stereocenters. The number of carbonyl (C=O) groups excluding carboxylic acids is 1. The number of hydrogen-bond acceptors (Lipinski definition) is 3. The molecule has 1 aromatic rings. The van der Waals surface area contributed by atoms with E-state index in [0.717, 1.165) is 30.7 Å². The van der Waals surface area contributed by atoms with Crippen molar-refractivity contribution in [2.45, 2.75) is 19.8 Å². The van der Waals surface area contributed by atoms with E-state index in [1.807, 2.05) is 36.4 Å². The molecular formula is C15H21NO2S. The number of benzene rings is 1. The lowest BCUT2D eigenvalue weighted by molar-refractivity contribution is 0.260. The monoisotopic (exact) mass is 279 g/mol. The van der Waals surface area contributed by atoms with Crippen LogP contribution in [0.1, 0.15) is 25.3 Å². The summed E-state index contributed by atoms with van der Waals surface area (Å²) < 4.78 is 5.09. The second-order valence-corrected chi connectivity index (χ2v) is 5.05. The number of unbranched alkanes of at least 4 members (excludes halogenated alkanes) is 1. The molecule has 0 spiro atoms. The molecule has 1 N–H and O–H groups in total. The number of amides is 1. The lowest BCUT2D eigenvalue weighted by Crippen LogP contribution is -2.19. The van der Waals surface area contributed by atoms with Gasteiger partial charge in [-0.2, -0.15) is 0 Å². The largest absolute Gasteiger partial charge is 0.497 e. The first-order chi connectivity index (χ1) is 9.26. The van der Waals surface area contributed by atoms with Crippen molar-refractivity contribution in [1.82, 2.24) is 5.32 Å². The van der Waals surface area contributed by atoms with Crippen LogP contribution in [0.4, 0.5) is 4.79 Å². The van der Waals surface area contributed by atoms with Crippen LogP contribution in [0.3, 0.4) is 0 Å². The number of ether oxygens (including phenoxy) is 1. The van der Waals surface area contributed by atoms with Crippen LogP contribution >= 0.6 is 11.8 Å². The number of rotatable bonds is 7. The molecule has 0 aliphatic heterocycles. The van der Waals surface area contributed by atoms with Crippen molar-refractivity contribution >= 4 is 23.1 Å². The summed E-state index contributed by atoms with van der Waals surface area (Å²) in [6.07, 6.45) is 6.13. The number of nitrogens with one attached hydrogen (secondary N) is 1. The second-order valence-electron chi connectivity index (χ2n) is 4.05. The zero-order valence-corrected chi connectivity index (χ0v) is 12.3. The fraction of sp³-hybridized carbons (Fsp3) is 0.400. The summed E-state index contributed by atoms with van der Waals surface area (Å²) in [4.78, 5) is 11.4. The van der Waals surface area contributed by atoms with E-state index in [1.54, 1.807) is 7.11 Å². The van der Waals surface area contributed by atoms with E-state index in [2.05, 4.69) is 12.2 Å². The molecule has 0 aliphatic carbocycles. The van der Waals surface area contributed by atoms with Crippen LogP contribution in [-0.2, 0) is 0 Å². The molecule has 0 heterocycles. The molecule has 4 heteroatoms. The highest BCUT2D eigenvalue weighted by atomic mass is 32.2. The van der Waals surface area contributed by atoms with Gasteiger partial charge in [0.2, 0.25) is 0 Å². The Labute approximate surface area is 119 Å². The summed E-state index contributed by atoms with van der Waals surface area (Å²) in [7, 11) is 1.65. The second kappa shape index (κ2) is 9.50. The summed E-state index contributed by atoms with van der Waals surface area (Å²) in [5, 5.41) is 2.92. The highest BCUT2D eigenvalue weighted by Crippen LogP contribution is 2.12. The Hall–Kier alpha value is -1.42. The molecule has 0 bridgehead atoms. The van der Waals surface area contributed by atoms with Crippen LogP contribution in [0, 0.1) is 0 Å². The Morgan fingerprint density at radius 1 is 1.37 bits per heavy atom. The van der Waals surface area contributed by atoms with Gasteiger partial charge in [0.25, 0.3) is 5.24 Å². The molecule has 19 heavy (non-hydrogen) atoms. The van der Waals surface area contributed by atoms with Crippen LogP contribution in [-0.4, -0.2) is 24.6 Å². The fourth-order valence-electron chi connectivity index (χ4n) is 1.44. The first-order valence-electron chi connectivity index (χ1n) is 6.47. The van der Waals surface area contributed by atoms with Crippen LogP contribution in [0.25, 0.3) is 6.08 Å². The van der Waals surface area contributed by atoms with Gasteiger partial charge in [-0.25, -0.2) is 0 Å². The first-order valence-corrected chi connectivity index (χ1v) is 7.46. The van der Waals surface area contributed by atoms with Crippen molar-refractivity contribution in [3.63, 3.8) is 0 Å². The van der Waals surface area contributed by atoms with Crippen molar-refractivity contribution < 1.29 is 9.53 Å². The van der Waals surface area contributed by atoms with Gasteiger partial charge in [0, 0.05) is 12.3 Å². The minimum atomic E-state index is 0.0489. The third kappa shape index (κ3) is 6.91. The summed E-state index contributed by atoms with van der Waals surface area (Å²) in [5.41, 5.74) is 1.10. The third-order valence-electron chi connectivity index (χ3n) is 2.54. The highest BCUT2D eigenvalue weighted by molar-refractivity contribution is 8.13. The van der Waals surface area contributed by atoms with E-state index in [0.29, 0.717) is 5.75 Å². The normalized spacial score (nSPS) is 10.6. The zero-order chi connectivity index (χ0) is 13.9. The summed E-state index contributed by atoms with van der Waals surface area (Å²) in [5.74, 6) is 1.53. The van der Waals surface area contributed by atoms with Gasteiger partial charge in [0.1, 0.15) is 5.75 Å². The smallest absolute Gasteiger partial charge is 0.279 e. The maximum atomic E-state index is 11.4. The average molecular weight is 279 g/mol. The van der Waals surface area contributed by atoms with Crippen LogP contribution in [0.15, 0.2) is 30.3 Å². The maximum Gasteiger partial charge on any atom is 0.279 e. The zero-order valence-electron chi connectivity index (χ0n) is 11.5. The molecule has 1 amide bonds. The summed E-state index contributed by atoms with van der Waals surface area (Å²) in [6.45, 7) is 2.88. The van der Waals surface area contributed by atoms with Gasteiger partial charge >= 0.3 is 0 Å². The lowest BCUT2D eigenvalue weighted by atomic mass is 10.2. The predicted molar refractivity (Wildman–Crippen MR) is 82.8 cm³/mol. The Morgan fingerprint density at radius 2 is 2.11 bits per heavy atom. The highest BCUT2D eigenvalue weighted by Gasteiger charge is 1.98. The average Bonchev–Trinajstić information content (AvgIpc) is 2.44. The summed E-state index contributed by atoms with van der Waals surface area (Å²) in [6, 6.07) is 7.82. The molecule has 0 fully saturated rings. The molecule has 0 aromatic heterocycles. The van der Waals surface area contributed by atoms with Gasteiger partial charge in [-0.15, -0.1) is 0 Å². The first kappa shape index (κ1) is 15.6. The van der Waals surface area contributed by atoms with E-state index >= 15 is 0 Å². The summed E-state index contributed by atoms with van der Waals surface area (Å²) >= 11 is 1.29. The van der Waals surface area contributed by atoms with E-state index in [9.17, 15) is 4.79 Å². The van der Waals surface area contributed by atoms with Gasteiger partial charge in [-0.3, -0.25) is 4.79 Å². The Bertz CT molecular complexity index is 401. The van der Waals surface area contributed by atoms with Crippen LogP contribution in [0.2, 0.25) is 0 Å². The van der Waals surface area contributed by atoms with Crippen molar-refractivity contribution in [3.8, 4) is 5.75 Å². The van der Waals surface area contributed by atoms with E-state index in [4.69, 9.17) is 4.74 Å². The van der Waals surface area contributed by atoms with Gasteiger partial charge in [-0.1, -0.05) is 49.4 Å². The van der Waals surface area contributed by atoms with Crippen molar-refractivity contribution in [2.75, 3.05) is 19.4 Å². The van der Waals surface area contributed by atoms with Gasteiger partial charge < -0.3 is 10.1 Å². The fourth-order valence-corrected chi connectivity index (χ4v) is 1.99. The minimum Gasteiger partial charge on any atom is -0.497 e. The number of methoxy groups -OCH3 is 1. The van der Waals surface area contributed by atoms with Crippen molar-refractivity contribution in [2.24, 2.45) is 0 Å². The Balaban J connectivity index is 2.23. The standard InChI is InChI=1S/C15H21NO2S/c1-3-4-11-16-15(17)19-12-5-6-13-7-9-14(18-2)10-8-13/h5-10H,3-4,11-12H2,1-2H3,(H,16,17)/b6-5+. The van der Waals surface area contributed by atoms with E-state index in [1.165, 1.54) is 11.8 Å². The number of hydrogen-bond donors (Lipinski definition) is 1. The van der Waals surface area contributed by atoms with E-state index < -0.39 is 0 Å². The van der Waals surface area contributed by atoms with Gasteiger partial charge in [0.05, 0.1) is 7.11 Å². The SMILES string of the molecule is CCCCNC(=O)SC/C=C/c1ccc(OC)cc1. The Morgan fingerprint density at radius 3 is 2.74 bits per heavy atom. The van der Waals surface area contributed by atoms with Crippen molar-refractivity contribution in [3.05, 3.63) is 35.9 Å². The minimum absolute atomic E-state index is 0.0489. The number of carbonyl (C=O) groups is 1. The molecule has 1 aromatic carbocycles.